The van der Waals surface area contributed by atoms with Crippen molar-refractivity contribution in [2.24, 2.45) is 5.41 Å². The van der Waals surface area contributed by atoms with E-state index in [-0.39, 0.29) is 5.41 Å². The zero-order chi connectivity index (χ0) is 10.9. The topological polar surface area (TPSA) is 32.3 Å². The van der Waals surface area contributed by atoms with Crippen molar-refractivity contribution in [3.8, 4) is 0 Å². The molecular weight excluding hydrogens is 188 g/mol. The second kappa shape index (κ2) is 4.12. The van der Waals surface area contributed by atoms with Gasteiger partial charge in [-0.05, 0) is 39.2 Å². The van der Waals surface area contributed by atoms with E-state index in [9.17, 15) is 4.79 Å². The molecule has 0 atom stereocenters. The minimum absolute atomic E-state index is 0.0620. The molecule has 1 aliphatic carbocycles. The minimum Gasteiger partial charge on any atom is -0.342 e. The summed E-state index contributed by atoms with van der Waals surface area (Å²) in [5.41, 5.74) is 0.0620. The van der Waals surface area contributed by atoms with E-state index >= 15 is 0 Å². The number of amides is 1. The summed E-state index contributed by atoms with van der Waals surface area (Å²) in [6.07, 6.45) is 5.49. The first-order valence-corrected chi connectivity index (χ1v) is 6.18. The van der Waals surface area contributed by atoms with Crippen LogP contribution in [0.1, 0.15) is 39.0 Å². The number of carbonyl (C=O) groups is 1. The zero-order valence-electron chi connectivity index (χ0n) is 9.88. The number of likely N-dealkylation sites (tertiary alicyclic amines) is 1. The summed E-state index contributed by atoms with van der Waals surface area (Å²) in [4.78, 5) is 14.3. The number of nitrogens with one attached hydrogen (secondary N) is 1. The largest absolute Gasteiger partial charge is 0.342 e. The summed E-state index contributed by atoms with van der Waals surface area (Å²) < 4.78 is 0. The van der Waals surface area contributed by atoms with E-state index in [1.807, 2.05) is 7.05 Å². The van der Waals surface area contributed by atoms with E-state index in [0.717, 1.165) is 45.2 Å². The molecule has 0 aromatic rings. The number of nitrogens with zero attached hydrogens (tertiary/aromatic N) is 1. The van der Waals surface area contributed by atoms with Crippen molar-refractivity contribution in [3.05, 3.63) is 0 Å². The van der Waals surface area contributed by atoms with E-state index in [1.165, 1.54) is 0 Å². The monoisotopic (exact) mass is 210 g/mol. The predicted molar refractivity (Wildman–Crippen MR) is 60.6 cm³/mol. The number of hydrogen-bond acceptors (Lipinski definition) is 2. The highest BCUT2D eigenvalue weighted by Gasteiger charge is 2.50. The molecule has 3 nitrogen and oxygen atoms in total. The van der Waals surface area contributed by atoms with Crippen molar-refractivity contribution in [2.75, 3.05) is 20.1 Å². The standard InChI is InChI=1S/C12H22N2O/c1-3-12(6-7-12)11(15)14-8-4-10(13-2)5-9-14/h10,13H,3-9H2,1-2H3. The highest BCUT2D eigenvalue weighted by molar-refractivity contribution is 5.85. The van der Waals surface area contributed by atoms with Crippen molar-refractivity contribution >= 4 is 5.91 Å². The Labute approximate surface area is 92.2 Å². The maximum atomic E-state index is 12.2. The van der Waals surface area contributed by atoms with E-state index in [4.69, 9.17) is 0 Å². The lowest BCUT2D eigenvalue weighted by Crippen LogP contribution is -2.46. The molecule has 3 heteroatoms. The maximum absolute atomic E-state index is 12.2. The van der Waals surface area contributed by atoms with Gasteiger partial charge >= 0.3 is 0 Å². The first kappa shape index (κ1) is 10.9. The van der Waals surface area contributed by atoms with Crippen LogP contribution < -0.4 is 5.32 Å². The summed E-state index contributed by atoms with van der Waals surface area (Å²) in [5, 5.41) is 3.29. The fourth-order valence-electron chi connectivity index (χ4n) is 2.58. The molecule has 0 bridgehead atoms. The molecule has 0 radical (unpaired) electrons. The van der Waals surface area contributed by atoms with E-state index in [0.29, 0.717) is 11.9 Å². The minimum atomic E-state index is 0.0620. The molecule has 2 fully saturated rings. The summed E-state index contributed by atoms with van der Waals surface area (Å²) in [6, 6.07) is 0.617. The average molecular weight is 210 g/mol. The van der Waals surface area contributed by atoms with Gasteiger partial charge in [0.1, 0.15) is 0 Å². The molecule has 1 aliphatic heterocycles. The summed E-state index contributed by atoms with van der Waals surface area (Å²) >= 11 is 0. The number of piperidine rings is 1. The Morgan fingerprint density at radius 2 is 2.00 bits per heavy atom. The first-order valence-electron chi connectivity index (χ1n) is 6.18. The smallest absolute Gasteiger partial charge is 0.228 e. The molecule has 2 rings (SSSR count). The normalized spacial score (nSPS) is 25.3. The van der Waals surface area contributed by atoms with Crippen LogP contribution in [0, 0.1) is 5.41 Å². The Morgan fingerprint density at radius 3 is 2.40 bits per heavy atom. The van der Waals surface area contributed by atoms with Crippen LogP contribution in [0.15, 0.2) is 0 Å². The second-order valence-electron chi connectivity index (χ2n) is 4.99. The first-order chi connectivity index (χ1) is 7.22. The Morgan fingerprint density at radius 1 is 1.40 bits per heavy atom. The van der Waals surface area contributed by atoms with Gasteiger partial charge in [-0.25, -0.2) is 0 Å². The van der Waals surface area contributed by atoms with Crippen LogP contribution in [-0.2, 0) is 4.79 Å². The van der Waals surface area contributed by atoms with E-state index in [1.54, 1.807) is 0 Å². The molecule has 1 saturated heterocycles. The molecule has 1 saturated carbocycles. The van der Waals surface area contributed by atoms with Crippen LogP contribution in [0.3, 0.4) is 0 Å². The molecule has 86 valence electrons. The third-order valence-electron chi connectivity index (χ3n) is 4.17. The predicted octanol–water partition coefficient (Wildman–Crippen LogP) is 1.39. The molecular formula is C12H22N2O. The molecule has 0 aromatic carbocycles. The highest BCUT2D eigenvalue weighted by atomic mass is 16.2. The van der Waals surface area contributed by atoms with Gasteiger partial charge in [0.15, 0.2) is 0 Å². The molecule has 2 aliphatic rings. The quantitative estimate of drug-likeness (QED) is 0.763. The van der Waals surface area contributed by atoms with Gasteiger partial charge in [-0.2, -0.15) is 0 Å². The summed E-state index contributed by atoms with van der Waals surface area (Å²) in [5.74, 6) is 0.430. The van der Waals surface area contributed by atoms with Crippen molar-refractivity contribution < 1.29 is 4.79 Å². The van der Waals surface area contributed by atoms with Crippen LogP contribution in [0.25, 0.3) is 0 Å². The SMILES string of the molecule is CCC1(C(=O)N2CCC(NC)CC2)CC1. The Kier molecular flexibility index (Phi) is 3.01. The Balaban J connectivity index is 1.88. The fraction of sp³-hybridized carbons (Fsp3) is 0.917. The van der Waals surface area contributed by atoms with Gasteiger partial charge in [0.2, 0.25) is 5.91 Å². The third kappa shape index (κ3) is 2.03. The van der Waals surface area contributed by atoms with Crippen molar-refractivity contribution in [2.45, 2.75) is 45.1 Å². The van der Waals surface area contributed by atoms with Gasteiger partial charge < -0.3 is 10.2 Å². The van der Waals surface area contributed by atoms with Crippen LogP contribution in [-0.4, -0.2) is 37.0 Å². The Bertz CT molecular complexity index is 240. The Hall–Kier alpha value is -0.570. The van der Waals surface area contributed by atoms with Crippen molar-refractivity contribution in [3.63, 3.8) is 0 Å². The zero-order valence-corrected chi connectivity index (χ0v) is 9.88. The van der Waals surface area contributed by atoms with Crippen LogP contribution in [0.5, 0.6) is 0 Å². The molecule has 0 spiro atoms. The lowest BCUT2D eigenvalue weighted by molar-refractivity contribution is -0.138. The van der Waals surface area contributed by atoms with Crippen molar-refractivity contribution in [1.29, 1.82) is 0 Å². The fourth-order valence-corrected chi connectivity index (χ4v) is 2.58. The third-order valence-corrected chi connectivity index (χ3v) is 4.17. The molecule has 1 amide bonds. The molecule has 0 aromatic heterocycles. The van der Waals surface area contributed by atoms with Gasteiger partial charge in [0.05, 0.1) is 0 Å². The maximum Gasteiger partial charge on any atom is 0.228 e. The van der Waals surface area contributed by atoms with Crippen LogP contribution in [0.4, 0.5) is 0 Å². The van der Waals surface area contributed by atoms with Crippen LogP contribution >= 0.6 is 0 Å². The molecule has 1 N–H and O–H groups in total. The van der Waals surface area contributed by atoms with Gasteiger partial charge in [-0.3, -0.25) is 4.79 Å². The highest BCUT2D eigenvalue weighted by Crippen LogP contribution is 2.50. The number of rotatable bonds is 3. The summed E-state index contributed by atoms with van der Waals surface area (Å²) in [6.45, 7) is 4.05. The van der Waals surface area contributed by atoms with Gasteiger partial charge in [0, 0.05) is 24.5 Å². The second-order valence-corrected chi connectivity index (χ2v) is 4.99. The van der Waals surface area contributed by atoms with Gasteiger partial charge in [-0.15, -0.1) is 0 Å². The van der Waals surface area contributed by atoms with Gasteiger partial charge in [0.25, 0.3) is 0 Å². The average Bonchev–Trinajstić information content (AvgIpc) is 3.09. The summed E-state index contributed by atoms with van der Waals surface area (Å²) in [7, 11) is 2.01. The molecule has 15 heavy (non-hydrogen) atoms. The van der Waals surface area contributed by atoms with Gasteiger partial charge in [-0.1, -0.05) is 6.92 Å². The molecule has 1 heterocycles. The number of carbonyl (C=O) groups excluding carboxylic acids is 1. The lowest BCUT2D eigenvalue weighted by Gasteiger charge is -2.34. The van der Waals surface area contributed by atoms with E-state index in [2.05, 4.69) is 17.1 Å². The van der Waals surface area contributed by atoms with Crippen molar-refractivity contribution in [1.82, 2.24) is 10.2 Å². The number of hydrogen-bond donors (Lipinski definition) is 1. The van der Waals surface area contributed by atoms with E-state index < -0.39 is 0 Å². The lowest BCUT2D eigenvalue weighted by atomic mass is 9.98. The molecule has 0 unspecified atom stereocenters. The van der Waals surface area contributed by atoms with Crippen LogP contribution in [0.2, 0.25) is 0 Å².